The maximum atomic E-state index is 9.64. The van der Waals surface area contributed by atoms with Crippen LogP contribution in [0.25, 0.3) is 0 Å². The molecule has 4 heteroatoms. The van der Waals surface area contributed by atoms with Gasteiger partial charge in [-0.3, -0.25) is 0 Å². The third-order valence-corrected chi connectivity index (χ3v) is 6.37. The van der Waals surface area contributed by atoms with Gasteiger partial charge in [-0.05, 0) is 86.4 Å². The molecule has 0 aliphatic heterocycles. The number of aliphatic hydroxyl groups is 1. The Morgan fingerprint density at radius 2 is 1.24 bits per heavy atom. The Morgan fingerprint density at radius 3 is 1.85 bits per heavy atom. The minimum Gasteiger partial charge on any atom is -0.494 e. The molecule has 0 aliphatic carbocycles. The van der Waals surface area contributed by atoms with Crippen molar-refractivity contribution in [2.75, 3.05) is 13.2 Å². The van der Waals surface area contributed by atoms with Gasteiger partial charge < -0.3 is 9.84 Å². The molecule has 34 heavy (non-hydrogen) atoms. The zero-order valence-electron chi connectivity index (χ0n) is 21.6. The van der Waals surface area contributed by atoms with Gasteiger partial charge in [0.1, 0.15) is 5.75 Å². The highest BCUT2D eigenvalue weighted by molar-refractivity contribution is 5.43. The van der Waals surface area contributed by atoms with E-state index in [1.54, 1.807) is 0 Å². The smallest absolute Gasteiger partial charge is 0.119 e. The molecule has 1 atom stereocenters. The number of azo groups is 1. The Balaban J connectivity index is 1.61. The third-order valence-electron chi connectivity index (χ3n) is 6.37. The average Bonchev–Trinajstić information content (AvgIpc) is 2.88. The fourth-order valence-corrected chi connectivity index (χ4v) is 4.10. The molecule has 0 saturated carbocycles. The van der Waals surface area contributed by atoms with E-state index in [2.05, 4.69) is 36.2 Å². The van der Waals surface area contributed by atoms with E-state index in [0.29, 0.717) is 19.1 Å². The summed E-state index contributed by atoms with van der Waals surface area (Å²) in [4.78, 5) is 0. The Labute approximate surface area is 207 Å². The molecule has 0 aromatic heterocycles. The van der Waals surface area contributed by atoms with Gasteiger partial charge in [-0.25, -0.2) is 0 Å². The standard InChI is InChI=1S/C30H46N2O2/c1-3-5-7-8-9-10-14-27(25-33)15-11-12-24-34-30-22-20-29(21-23-30)32-31-28-18-16-26(17-19-28)13-6-4-2/h16-23,27,33H,3-15,24-25H2,1-2H3. The molecule has 0 saturated heterocycles. The summed E-state index contributed by atoms with van der Waals surface area (Å²) >= 11 is 0. The first-order chi connectivity index (χ1) is 16.7. The molecule has 2 aromatic carbocycles. The van der Waals surface area contributed by atoms with E-state index in [1.165, 1.54) is 56.9 Å². The van der Waals surface area contributed by atoms with Gasteiger partial charge in [-0.1, -0.05) is 70.9 Å². The molecule has 1 N–H and O–H groups in total. The molecule has 0 amide bonds. The van der Waals surface area contributed by atoms with Crippen LogP contribution in [-0.2, 0) is 6.42 Å². The Kier molecular flexibility index (Phi) is 15.0. The van der Waals surface area contributed by atoms with Gasteiger partial charge in [-0.2, -0.15) is 10.2 Å². The van der Waals surface area contributed by atoms with Crippen molar-refractivity contribution in [3.05, 3.63) is 54.1 Å². The maximum Gasteiger partial charge on any atom is 0.119 e. The zero-order chi connectivity index (χ0) is 24.3. The van der Waals surface area contributed by atoms with Crippen LogP contribution < -0.4 is 4.74 Å². The number of hydrogen-bond acceptors (Lipinski definition) is 4. The molecule has 2 rings (SSSR count). The van der Waals surface area contributed by atoms with Crippen molar-refractivity contribution in [1.29, 1.82) is 0 Å². The van der Waals surface area contributed by atoms with Gasteiger partial charge in [-0.15, -0.1) is 0 Å². The summed E-state index contributed by atoms with van der Waals surface area (Å²) in [5.74, 6) is 1.31. The normalized spacial score (nSPS) is 12.3. The minimum atomic E-state index is 0.314. The van der Waals surface area contributed by atoms with Crippen LogP contribution in [0.5, 0.6) is 5.75 Å². The summed E-state index contributed by atoms with van der Waals surface area (Å²) in [6, 6.07) is 16.1. The van der Waals surface area contributed by atoms with Gasteiger partial charge in [0.15, 0.2) is 0 Å². The van der Waals surface area contributed by atoms with Crippen molar-refractivity contribution in [1.82, 2.24) is 0 Å². The second-order valence-corrected chi connectivity index (χ2v) is 9.41. The molecule has 0 heterocycles. The molecule has 188 valence electrons. The molecule has 1 unspecified atom stereocenters. The SMILES string of the molecule is CCCCCCCCC(CO)CCCCOc1ccc(N=Nc2ccc(CCCC)cc2)cc1. The fourth-order valence-electron chi connectivity index (χ4n) is 4.10. The van der Waals surface area contributed by atoms with Gasteiger partial charge in [0.05, 0.1) is 18.0 Å². The lowest BCUT2D eigenvalue weighted by atomic mass is 9.96. The van der Waals surface area contributed by atoms with E-state index in [0.717, 1.165) is 49.2 Å². The summed E-state index contributed by atoms with van der Waals surface area (Å²) in [6.07, 6.45) is 15.8. The minimum absolute atomic E-state index is 0.314. The van der Waals surface area contributed by atoms with E-state index in [-0.39, 0.29) is 0 Å². The molecule has 0 spiro atoms. The number of hydrogen-bond donors (Lipinski definition) is 1. The highest BCUT2D eigenvalue weighted by atomic mass is 16.5. The van der Waals surface area contributed by atoms with E-state index >= 15 is 0 Å². The fraction of sp³-hybridized carbons (Fsp3) is 0.600. The number of rotatable bonds is 19. The van der Waals surface area contributed by atoms with Crippen LogP contribution in [0.4, 0.5) is 11.4 Å². The Hall–Kier alpha value is -2.20. The van der Waals surface area contributed by atoms with Crippen molar-refractivity contribution >= 4 is 11.4 Å². The van der Waals surface area contributed by atoms with Crippen molar-refractivity contribution in [2.24, 2.45) is 16.1 Å². The van der Waals surface area contributed by atoms with Crippen molar-refractivity contribution < 1.29 is 9.84 Å². The maximum absolute atomic E-state index is 9.64. The van der Waals surface area contributed by atoms with Crippen molar-refractivity contribution in [3.8, 4) is 5.75 Å². The first-order valence-electron chi connectivity index (χ1n) is 13.6. The first-order valence-corrected chi connectivity index (χ1v) is 13.6. The van der Waals surface area contributed by atoms with E-state index in [4.69, 9.17) is 4.74 Å². The number of aliphatic hydroxyl groups excluding tert-OH is 1. The Bertz CT molecular complexity index is 771. The highest BCUT2D eigenvalue weighted by Gasteiger charge is 2.07. The van der Waals surface area contributed by atoms with Crippen LogP contribution >= 0.6 is 0 Å². The lowest BCUT2D eigenvalue weighted by Gasteiger charge is -2.14. The van der Waals surface area contributed by atoms with Gasteiger partial charge in [0.25, 0.3) is 0 Å². The number of unbranched alkanes of at least 4 members (excludes halogenated alkanes) is 7. The average molecular weight is 467 g/mol. The second kappa shape index (κ2) is 18.2. The highest BCUT2D eigenvalue weighted by Crippen LogP contribution is 2.23. The van der Waals surface area contributed by atoms with Crippen molar-refractivity contribution in [3.63, 3.8) is 0 Å². The molecular formula is C30H46N2O2. The summed E-state index contributed by atoms with van der Waals surface area (Å²) in [5.41, 5.74) is 3.05. The molecule has 4 nitrogen and oxygen atoms in total. The summed E-state index contributed by atoms with van der Waals surface area (Å²) in [5, 5.41) is 18.3. The van der Waals surface area contributed by atoms with Crippen LogP contribution in [0.15, 0.2) is 58.8 Å². The molecule has 0 fully saturated rings. The number of benzene rings is 2. The predicted molar refractivity (Wildman–Crippen MR) is 144 cm³/mol. The number of ether oxygens (including phenoxy) is 1. The van der Waals surface area contributed by atoms with Gasteiger partial charge >= 0.3 is 0 Å². The monoisotopic (exact) mass is 466 g/mol. The van der Waals surface area contributed by atoms with Crippen molar-refractivity contribution in [2.45, 2.75) is 97.3 Å². The van der Waals surface area contributed by atoms with E-state index in [1.807, 2.05) is 36.4 Å². The number of nitrogens with zero attached hydrogens (tertiary/aromatic N) is 2. The lowest BCUT2D eigenvalue weighted by molar-refractivity contribution is 0.200. The molecule has 0 radical (unpaired) electrons. The van der Waals surface area contributed by atoms with Gasteiger partial charge in [0, 0.05) is 6.61 Å². The Morgan fingerprint density at radius 1 is 0.676 bits per heavy atom. The molecule has 0 aliphatic rings. The predicted octanol–water partition coefficient (Wildman–Crippen LogP) is 9.35. The van der Waals surface area contributed by atoms with E-state index < -0.39 is 0 Å². The van der Waals surface area contributed by atoms with Crippen LogP contribution in [0.3, 0.4) is 0 Å². The van der Waals surface area contributed by atoms with Crippen LogP contribution in [0.1, 0.15) is 96.5 Å². The summed E-state index contributed by atoms with van der Waals surface area (Å²) < 4.78 is 5.89. The van der Waals surface area contributed by atoms with Crippen LogP contribution in [0, 0.1) is 5.92 Å². The lowest BCUT2D eigenvalue weighted by Crippen LogP contribution is -2.07. The summed E-state index contributed by atoms with van der Waals surface area (Å²) in [6.45, 7) is 5.49. The topological polar surface area (TPSA) is 54.2 Å². The molecule has 0 bridgehead atoms. The molecular weight excluding hydrogens is 420 g/mol. The largest absolute Gasteiger partial charge is 0.494 e. The van der Waals surface area contributed by atoms with Crippen LogP contribution in [0.2, 0.25) is 0 Å². The summed E-state index contributed by atoms with van der Waals surface area (Å²) in [7, 11) is 0. The second-order valence-electron chi connectivity index (χ2n) is 9.41. The number of aryl methyl sites for hydroxylation is 1. The quantitative estimate of drug-likeness (QED) is 0.166. The zero-order valence-corrected chi connectivity index (χ0v) is 21.6. The molecule has 2 aromatic rings. The van der Waals surface area contributed by atoms with E-state index in [9.17, 15) is 5.11 Å². The third kappa shape index (κ3) is 12.3. The first kappa shape index (κ1) is 28.0. The van der Waals surface area contributed by atoms with Crippen LogP contribution in [-0.4, -0.2) is 18.3 Å². The van der Waals surface area contributed by atoms with Gasteiger partial charge in [0.2, 0.25) is 0 Å².